The number of hydrogen-bond donors (Lipinski definition) is 5. The molecule has 0 saturated carbocycles. The van der Waals surface area contributed by atoms with E-state index in [1.807, 2.05) is 0 Å². The standard InChI is InChI=1S/5C3H6O2.V/c5*1-2-3(4)5;/h5*2H2,1H3,(H,4,5);. The minimum Gasteiger partial charge on any atom is -0.481 e. The van der Waals surface area contributed by atoms with Crippen LogP contribution in [0.2, 0.25) is 0 Å². The van der Waals surface area contributed by atoms with Crippen LogP contribution >= 0.6 is 0 Å². The first-order valence-corrected chi connectivity index (χ1v) is 7.44. The third-order valence-electron chi connectivity index (χ3n) is 1.51. The molecule has 5 N–H and O–H groups in total. The van der Waals surface area contributed by atoms with Gasteiger partial charge >= 0.3 is 29.8 Å². The number of carboxylic acid groups (broad SMARTS) is 5. The molecular formula is C15H30O10V. The van der Waals surface area contributed by atoms with Crippen molar-refractivity contribution in [2.45, 2.75) is 66.7 Å². The van der Waals surface area contributed by atoms with Crippen molar-refractivity contribution in [3.63, 3.8) is 0 Å². The van der Waals surface area contributed by atoms with Gasteiger partial charge in [0.2, 0.25) is 0 Å². The molecule has 0 aromatic rings. The Morgan fingerprint density at radius 2 is 0.462 bits per heavy atom. The second kappa shape index (κ2) is 34.3. The summed E-state index contributed by atoms with van der Waals surface area (Å²) in [6.45, 7) is 8.00. The summed E-state index contributed by atoms with van der Waals surface area (Å²) in [6, 6.07) is 0. The van der Waals surface area contributed by atoms with Crippen LogP contribution in [-0.2, 0) is 42.5 Å². The Balaban J connectivity index is -0.0000000476. The molecule has 0 atom stereocenters. The summed E-state index contributed by atoms with van der Waals surface area (Å²) in [6.07, 6.45) is 1.11. The van der Waals surface area contributed by atoms with Gasteiger partial charge in [0.15, 0.2) is 0 Å². The first kappa shape index (κ1) is 39.1. The van der Waals surface area contributed by atoms with E-state index >= 15 is 0 Å². The average molecular weight is 421 g/mol. The molecule has 0 spiro atoms. The van der Waals surface area contributed by atoms with E-state index in [4.69, 9.17) is 25.5 Å². The van der Waals surface area contributed by atoms with Gasteiger partial charge in [-0.15, -0.1) is 0 Å². The fourth-order valence-corrected chi connectivity index (χ4v) is 0. The summed E-state index contributed by atoms with van der Waals surface area (Å²) in [5, 5.41) is 38.6. The molecule has 0 amide bonds. The first-order valence-electron chi connectivity index (χ1n) is 7.44. The third kappa shape index (κ3) is 153. The zero-order valence-electron chi connectivity index (χ0n) is 15.8. The number of rotatable bonds is 5. The molecule has 0 aromatic carbocycles. The van der Waals surface area contributed by atoms with Gasteiger partial charge < -0.3 is 25.5 Å². The molecule has 0 aliphatic heterocycles. The van der Waals surface area contributed by atoms with Gasteiger partial charge in [-0.3, -0.25) is 24.0 Å². The van der Waals surface area contributed by atoms with Gasteiger partial charge in [0.1, 0.15) is 0 Å². The molecule has 26 heavy (non-hydrogen) atoms. The molecular weight excluding hydrogens is 391 g/mol. The first-order chi connectivity index (χ1) is 11.4. The zero-order valence-corrected chi connectivity index (χ0v) is 17.2. The van der Waals surface area contributed by atoms with E-state index in [-0.39, 0.29) is 50.7 Å². The van der Waals surface area contributed by atoms with E-state index in [0.29, 0.717) is 0 Å². The van der Waals surface area contributed by atoms with Crippen molar-refractivity contribution in [1.82, 2.24) is 0 Å². The van der Waals surface area contributed by atoms with Gasteiger partial charge in [0.25, 0.3) is 0 Å². The van der Waals surface area contributed by atoms with Crippen LogP contribution in [0.1, 0.15) is 66.7 Å². The van der Waals surface area contributed by atoms with Crippen molar-refractivity contribution >= 4 is 29.8 Å². The van der Waals surface area contributed by atoms with Crippen LogP contribution in [-0.4, -0.2) is 55.4 Å². The summed E-state index contributed by atoms with van der Waals surface area (Å²) >= 11 is 0. The Morgan fingerprint density at radius 3 is 0.462 bits per heavy atom. The molecule has 0 bridgehead atoms. The molecule has 0 saturated heterocycles. The number of aliphatic carboxylic acids is 5. The van der Waals surface area contributed by atoms with Gasteiger partial charge in [0.05, 0.1) is 0 Å². The minimum absolute atomic E-state index is 0. The van der Waals surface area contributed by atoms with Crippen molar-refractivity contribution in [3.8, 4) is 0 Å². The fraction of sp³-hybridized carbons (Fsp3) is 0.667. The van der Waals surface area contributed by atoms with E-state index in [9.17, 15) is 24.0 Å². The van der Waals surface area contributed by atoms with Gasteiger partial charge in [-0.1, -0.05) is 34.6 Å². The third-order valence-corrected chi connectivity index (χ3v) is 1.51. The van der Waals surface area contributed by atoms with E-state index in [0.717, 1.165) is 0 Å². The molecule has 0 aromatic heterocycles. The molecule has 0 unspecified atom stereocenters. The second-order valence-corrected chi connectivity index (χ2v) is 3.74. The molecule has 0 aliphatic rings. The van der Waals surface area contributed by atoms with Crippen molar-refractivity contribution in [2.24, 2.45) is 0 Å². The van der Waals surface area contributed by atoms with Crippen molar-refractivity contribution < 1.29 is 68.1 Å². The van der Waals surface area contributed by atoms with E-state index in [1.54, 1.807) is 34.6 Å². The summed E-state index contributed by atoms with van der Waals surface area (Å²) in [7, 11) is 0. The van der Waals surface area contributed by atoms with Gasteiger partial charge in [0, 0.05) is 50.7 Å². The van der Waals surface area contributed by atoms with Crippen LogP contribution in [0.4, 0.5) is 0 Å². The largest absolute Gasteiger partial charge is 0.481 e. The molecule has 10 nitrogen and oxygen atoms in total. The van der Waals surface area contributed by atoms with Crippen molar-refractivity contribution in [3.05, 3.63) is 0 Å². The van der Waals surface area contributed by atoms with Crippen LogP contribution in [0.25, 0.3) is 0 Å². The van der Waals surface area contributed by atoms with Crippen LogP contribution in [0.15, 0.2) is 0 Å². The quantitative estimate of drug-likeness (QED) is 0.441. The summed E-state index contributed by atoms with van der Waals surface area (Å²) in [4.78, 5) is 46.8. The SMILES string of the molecule is CCC(=O)O.CCC(=O)O.CCC(=O)O.CCC(=O)O.CCC(=O)O.[V]. The Labute approximate surface area is 165 Å². The van der Waals surface area contributed by atoms with Crippen molar-refractivity contribution in [2.75, 3.05) is 0 Å². The number of carbonyl (C=O) groups is 5. The minimum atomic E-state index is -0.745. The Morgan fingerprint density at radius 1 is 0.423 bits per heavy atom. The molecule has 155 valence electrons. The zero-order chi connectivity index (χ0) is 21.4. The smallest absolute Gasteiger partial charge is 0.303 e. The van der Waals surface area contributed by atoms with Gasteiger partial charge in [-0.05, 0) is 0 Å². The normalized spacial score (nSPS) is 7.12. The molecule has 0 aliphatic carbocycles. The van der Waals surface area contributed by atoms with E-state index in [1.165, 1.54) is 0 Å². The summed E-state index contributed by atoms with van der Waals surface area (Å²) < 4.78 is 0. The molecule has 11 heteroatoms. The van der Waals surface area contributed by atoms with E-state index in [2.05, 4.69) is 0 Å². The van der Waals surface area contributed by atoms with Gasteiger partial charge in [-0.2, -0.15) is 0 Å². The van der Waals surface area contributed by atoms with Crippen LogP contribution in [0.3, 0.4) is 0 Å². The monoisotopic (exact) mass is 421 g/mol. The maximum atomic E-state index is 9.37. The molecule has 1 radical (unpaired) electrons. The summed E-state index contributed by atoms with van der Waals surface area (Å²) in [5.41, 5.74) is 0. The summed E-state index contributed by atoms with van der Waals surface area (Å²) in [5.74, 6) is -3.73. The average Bonchev–Trinajstić information content (AvgIpc) is 2.56. The molecule has 0 fully saturated rings. The van der Waals surface area contributed by atoms with E-state index < -0.39 is 29.8 Å². The molecule has 0 heterocycles. The maximum Gasteiger partial charge on any atom is 0.303 e. The molecule has 0 rings (SSSR count). The van der Waals surface area contributed by atoms with Crippen LogP contribution in [0, 0.1) is 0 Å². The predicted molar refractivity (Wildman–Crippen MR) is 89.6 cm³/mol. The number of carboxylic acids is 5. The maximum absolute atomic E-state index is 9.37. The van der Waals surface area contributed by atoms with Crippen molar-refractivity contribution in [1.29, 1.82) is 0 Å². The Kier molecular flexibility index (Phi) is 51.6. The topological polar surface area (TPSA) is 186 Å². The predicted octanol–water partition coefficient (Wildman–Crippen LogP) is 2.40. The Bertz CT molecular complexity index is 288. The van der Waals surface area contributed by atoms with Crippen LogP contribution in [0.5, 0.6) is 0 Å². The van der Waals surface area contributed by atoms with Crippen LogP contribution < -0.4 is 0 Å². The second-order valence-electron chi connectivity index (χ2n) is 3.74. The Hall–Kier alpha value is -2.07. The fourth-order valence-electron chi connectivity index (χ4n) is 0. The number of hydrogen-bond acceptors (Lipinski definition) is 5. The van der Waals surface area contributed by atoms with Gasteiger partial charge in [-0.25, -0.2) is 0 Å².